The number of halogens is 1. The summed E-state index contributed by atoms with van der Waals surface area (Å²) in [5, 5.41) is 3.17. The lowest BCUT2D eigenvalue weighted by Gasteiger charge is -2.20. The summed E-state index contributed by atoms with van der Waals surface area (Å²) in [5.41, 5.74) is 3.02. The second-order valence-electron chi connectivity index (χ2n) is 7.02. The van der Waals surface area contributed by atoms with Gasteiger partial charge in [0.05, 0.1) is 31.8 Å². The van der Waals surface area contributed by atoms with E-state index in [1.165, 1.54) is 0 Å². The fourth-order valence-corrected chi connectivity index (χ4v) is 3.90. The van der Waals surface area contributed by atoms with Crippen molar-refractivity contribution in [3.8, 4) is 17.2 Å². The molecule has 0 radical (unpaired) electrons. The van der Waals surface area contributed by atoms with Gasteiger partial charge in [0.25, 0.3) is 0 Å². The average Bonchev–Trinajstić information content (AvgIpc) is 2.81. The second-order valence-corrected chi connectivity index (χ2v) is 7.87. The maximum Gasteiger partial charge on any atom is 0.221 e. The number of methoxy groups -OCH3 is 3. The average molecular weight is 484 g/mol. The zero-order valence-electron chi connectivity index (χ0n) is 17.9. The third-order valence-corrected chi connectivity index (χ3v) is 5.68. The molecule has 0 saturated carbocycles. The molecule has 1 amide bonds. The molecular weight excluding hydrogens is 458 g/mol. The molecule has 0 fully saturated rings. The number of amides is 1. The van der Waals surface area contributed by atoms with Crippen molar-refractivity contribution >= 4 is 21.8 Å². The molecule has 3 rings (SSSR count). The van der Waals surface area contributed by atoms with Gasteiger partial charge in [-0.05, 0) is 75.4 Å². The SMILES string of the molecule is COc1ccc(C(NC(=O)CCc2ccc(OC)c(Br)c2)c2ccc(OC)cc2)cc1. The third kappa shape index (κ3) is 6.01. The first-order chi connectivity index (χ1) is 15.0. The Bertz CT molecular complexity index is 956. The topological polar surface area (TPSA) is 56.8 Å². The largest absolute Gasteiger partial charge is 0.497 e. The molecule has 0 unspecified atom stereocenters. The first kappa shape index (κ1) is 22.7. The van der Waals surface area contributed by atoms with E-state index >= 15 is 0 Å². The van der Waals surface area contributed by atoms with Gasteiger partial charge in [0, 0.05) is 6.42 Å². The number of aryl methyl sites for hydroxylation is 1. The predicted octanol–water partition coefficient (Wildman–Crippen LogP) is 5.31. The van der Waals surface area contributed by atoms with Crippen molar-refractivity contribution in [3.05, 3.63) is 87.9 Å². The Kier molecular flexibility index (Phi) is 7.95. The van der Waals surface area contributed by atoms with Crippen molar-refractivity contribution in [2.24, 2.45) is 0 Å². The van der Waals surface area contributed by atoms with E-state index in [-0.39, 0.29) is 11.9 Å². The summed E-state index contributed by atoms with van der Waals surface area (Å²) < 4.78 is 16.7. The lowest BCUT2D eigenvalue weighted by Crippen LogP contribution is -2.29. The number of benzene rings is 3. The van der Waals surface area contributed by atoms with Gasteiger partial charge in [-0.3, -0.25) is 4.79 Å². The number of nitrogens with one attached hydrogen (secondary N) is 1. The quantitative estimate of drug-likeness (QED) is 0.447. The Morgan fingerprint density at radius 2 is 1.39 bits per heavy atom. The van der Waals surface area contributed by atoms with E-state index in [1.54, 1.807) is 21.3 Å². The third-order valence-electron chi connectivity index (χ3n) is 5.06. The van der Waals surface area contributed by atoms with Crippen molar-refractivity contribution in [1.29, 1.82) is 0 Å². The van der Waals surface area contributed by atoms with Crippen LogP contribution in [-0.2, 0) is 11.2 Å². The van der Waals surface area contributed by atoms with Gasteiger partial charge in [-0.1, -0.05) is 30.3 Å². The molecule has 0 aromatic heterocycles. The molecule has 0 atom stereocenters. The van der Waals surface area contributed by atoms with Crippen LogP contribution in [0.25, 0.3) is 0 Å². The van der Waals surface area contributed by atoms with E-state index < -0.39 is 0 Å². The first-order valence-electron chi connectivity index (χ1n) is 9.93. The molecule has 0 heterocycles. The fraction of sp³-hybridized carbons (Fsp3) is 0.240. The predicted molar refractivity (Wildman–Crippen MR) is 125 cm³/mol. The molecule has 5 nitrogen and oxygen atoms in total. The fourth-order valence-electron chi connectivity index (χ4n) is 3.31. The van der Waals surface area contributed by atoms with E-state index in [0.29, 0.717) is 12.8 Å². The van der Waals surface area contributed by atoms with Gasteiger partial charge in [-0.25, -0.2) is 0 Å². The van der Waals surface area contributed by atoms with Gasteiger partial charge in [-0.15, -0.1) is 0 Å². The molecule has 0 bridgehead atoms. The number of hydrogen-bond acceptors (Lipinski definition) is 4. The molecule has 0 spiro atoms. The van der Waals surface area contributed by atoms with Crippen molar-refractivity contribution in [1.82, 2.24) is 5.32 Å². The summed E-state index contributed by atoms with van der Waals surface area (Å²) in [4.78, 5) is 12.8. The van der Waals surface area contributed by atoms with E-state index in [9.17, 15) is 4.79 Å². The van der Waals surface area contributed by atoms with Crippen LogP contribution in [0.5, 0.6) is 17.2 Å². The number of carbonyl (C=O) groups is 1. The standard InChI is InChI=1S/C25H26BrNO4/c1-29-20-10-6-18(7-11-20)25(19-8-12-21(30-2)13-9-19)27-24(28)15-5-17-4-14-23(31-3)22(26)16-17/h4,6-14,16,25H,5,15H2,1-3H3,(H,27,28). The molecule has 31 heavy (non-hydrogen) atoms. The molecule has 162 valence electrons. The summed E-state index contributed by atoms with van der Waals surface area (Å²) in [6, 6.07) is 21.0. The van der Waals surface area contributed by atoms with Crippen LogP contribution < -0.4 is 19.5 Å². The Morgan fingerprint density at radius 3 is 1.84 bits per heavy atom. The molecule has 6 heteroatoms. The smallest absolute Gasteiger partial charge is 0.221 e. The van der Waals surface area contributed by atoms with E-state index in [4.69, 9.17) is 14.2 Å². The molecule has 0 saturated heterocycles. The Labute approximate surface area is 191 Å². The summed E-state index contributed by atoms with van der Waals surface area (Å²) in [6.07, 6.45) is 1.01. The van der Waals surface area contributed by atoms with Crippen LogP contribution >= 0.6 is 15.9 Å². The number of rotatable bonds is 9. The van der Waals surface area contributed by atoms with Crippen LogP contribution in [0, 0.1) is 0 Å². The Balaban J connectivity index is 1.75. The zero-order chi connectivity index (χ0) is 22.2. The Hall–Kier alpha value is -2.99. The minimum absolute atomic E-state index is 0.0245. The molecule has 0 aliphatic heterocycles. The van der Waals surface area contributed by atoms with Crippen LogP contribution in [0.3, 0.4) is 0 Å². The second kappa shape index (κ2) is 10.9. The van der Waals surface area contributed by atoms with Gasteiger partial charge in [0.1, 0.15) is 17.2 Å². The highest BCUT2D eigenvalue weighted by molar-refractivity contribution is 9.10. The first-order valence-corrected chi connectivity index (χ1v) is 10.7. The van der Waals surface area contributed by atoms with Gasteiger partial charge in [-0.2, -0.15) is 0 Å². The van der Waals surface area contributed by atoms with Gasteiger partial charge in [0.15, 0.2) is 0 Å². The minimum Gasteiger partial charge on any atom is -0.497 e. The van der Waals surface area contributed by atoms with E-state index in [0.717, 1.165) is 38.4 Å². The molecule has 3 aromatic carbocycles. The number of ether oxygens (including phenoxy) is 3. The highest BCUT2D eigenvalue weighted by atomic mass is 79.9. The highest BCUT2D eigenvalue weighted by Gasteiger charge is 2.17. The summed E-state index contributed by atoms with van der Waals surface area (Å²) >= 11 is 3.49. The maximum atomic E-state index is 12.8. The van der Waals surface area contributed by atoms with Gasteiger partial charge < -0.3 is 19.5 Å². The zero-order valence-corrected chi connectivity index (χ0v) is 19.4. The molecule has 0 aliphatic rings. The lowest BCUT2D eigenvalue weighted by molar-refractivity contribution is -0.121. The number of carbonyl (C=O) groups excluding carboxylic acids is 1. The molecule has 3 aromatic rings. The molecular formula is C25H26BrNO4. The minimum atomic E-state index is -0.271. The van der Waals surface area contributed by atoms with Gasteiger partial charge >= 0.3 is 0 Å². The van der Waals surface area contributed by atoms with Crippen LogP contribution in [-0.4, -0.2) is 27.2 Å². The summed E-state index contributed by atoms with van der Waals surface area (Å²) in [7, 11) is 4.90. The Morgan fingerprint density at radius 1 is 0.839 bits per heavy atom. The maximum absolute atomic E-state index is 12.8. The lowest BCUT2D eigenvalue weighted by atomic mass is 9.98. The van der Waals surface area contributed by atoms with Crippen molar-refractivity contribution in [2.75, 3.05) is 21.3 Å². The normalized spacial score (nSPS) is 10.6. The summed E-state index contributed by atoms with van der Waals surface area (Å²) in [6.45, 7) is 0. The molecule has 0 aliphatic carbocycles. The van der Waals surface area contributed by atoms with Crippen molar-refractivity contribution in [2.45, 2.75) is 18.9 Å². The van der Waals surface area contributed by atoms with Crippen LogP contribution in [0.2, 0.25) is 0 Å². The van der Waals surface area contributed by atoms with E-state index in [1.807, 2.05) is 66.7 Å². The monoisotopic (exact) mass is 483 g/mol. The van der Waals surface area contributed by atoms with Gasteiger partial charge in [0.2, 0.25) is 5.91 Å². The van der Waals surface area contributed by atoms with Crippen LogP contribution in [0.4, 0.5) is 0 Å². The number of hydrogen-bond donors (Lipinski definition) is 1. The van der Waals surface area contributed by atoms with Crippen LogP contribution in [0.1, 0.15) is 29.2 Å². The van der Waals surface area contributed by atoms with Crippen molar-refractivity contribution < 1.29 is 19.0 Å². The van der Waals surface area contributed by atoms with Crippen LogP contribution in [0.15, 0.2) is 71.2 Å². The van der Waals surface area contributed by atoms with E-state index in [2.05, 4.69) is 21.2 Å². The molecule has 1 N–H and O–H groups in total. The van der Waals surface area contributed by atoms with Crippen molar-refractivity contribution in [3.63, 3.8) is 0 Å². The highest BCUT2D eigenvalue weighted by Crippen LogP contribution is 2.27. The summed E-state index contributed by atoms with van der Waals surface area (Å²) in [5.74, 6) is 2.29.